The van der Waals surface area contributed by atoms with Crippen molar-refractivity contribution in [3.05, 3.63) is 24.3 Å². The summed E-state index contributed by atoms with van der Waals surface area (Å²) in [4.78, 5) is 6.71. The van der Waals surface area contributed by atoms with Gasteiger partial charge in [-0.15, -0.1) is 24.0 Å². The van der Waals surface area contributed by atoms with E-state index in [1.54, 1.807) is 18.2 Å². The second-order valence-corrected chi connectivity index (χ2v) is 7.40. The van der Waals surface area contributed by atoms with Gasteiger partial charge < -0.3 is 25.4 Å². The van der Waals surface area contributed by atoms with Crippen LogP contribution in [-0.4, -0.2) is 56.0 Å². The summed E-state index contributed by atoms with van der Waals surface area (Å²) >= 11 is 0. The average Bonchev–Trinajstić information content (AvgIpc) is 3.29. The first-order valence-corrected chi connectivity index (χ1v) is 10.1. The zero-order valence-electron chi connectivity index (χ0n) is 16.7. The van der Waals surface area contributed by atoms with Gasteiger partial charge in [0.15, 0.2) is 5.96 Å². The third-order valence-electron chi connectivity index (χ3n) is 5.40. The summed E-state index contributed by atoms with van der Waals surface area (Å²) in [5, 5.41) is 16.7. The SMILES string of the molecule is CCNC(=NCC1CCCC1O)NC1CCN(c2ccccc2OC(F)F)C1.I. The van der Waals surface area contributed by atoms with E-state index in [4.69, 9.17) is 0 Å². The summed E-state index contributed by atoms with van der Waals surface area (Å²) in [5.74, 6) is 1.17. The molecule has 9 heteroatoms. The largest absolute Gasteiger partial charge is 0.433 e. The van der Waals surface area contributed by atoms with Crippen LogP contribution in [0.2, 0.25) is 0 Å². The van der Waals surface area contributed by atoms with Crippen molar-refractivity contribution in [3.63, 3.8) is 0 Å². The number of hydrogen-bond donors (Lipinski definition) is 3. The third kappa shape index (κ3) is 6.84. The van der Waals surface area contributed by atoms with E-state index >= 15 is 0 Å². The molecule has 0 radical (unpaired) electrons. The van der Waals surface area contributed by atoms with Crippen molar-refractivity contribution in [2.45, 2.75) is 51.4 Å². The second-order valence-electron chi connectivity index (χ2n) is 7.40. The Balaban J connectivity index is 0.00000300. The van der Waals surface area contributed by atoms with Gasteiger partial charge in [0.05, 0.1) is 11.8 Å². The molecule has 0 bridgehead atoms. The van der Waals surface area contributed by atoms with Gasteiger partial charge in [-0.2, -0.15) is 8.78 Å². The fraction of sp³-hybridized carbons (Fsp3) is 0.650. The molecule has 1 aliphatic carbocycles. The molecule has 3 rings (SSSR count). The zero-order chi connectivity index (χ0) is 19.9. The number of nitrogens with zero attached hydrogens (tertiary/aromatic N) is 2. The van der Waals surface area contributed by atoms with E-state index in [1.165, 1.54) is 0 Å². The molecular formula is C20H31F2IN4O2. The van der Waals surface area contributed by atoms with Gasteiger partial charge in [0.25, 0.3) is 0 Å². The first-order chi connectivity index (χ1) is 13.6. The summed E-state index contributed by atoms with van der Waals surface area (Å²) in [6.07, 6.45) is 3.56. The van der Waals surface area contributed by atoms with Crippen LogP contribution in [0, 0.1) is 5.92 Å². The Labute approximate surface area is 188 Å². The fourth-order valence-corrected chi connectivity index (χ4v) is 3.96. The van der Waals surface area contributed by atoms with Crippen LogP contribution in [0.25, 0.3) is 0 Å². The molecular weight excluding hydrogens is 493 g/mol. The molecule has 29 heavy (non-hydrogen) atoms. The number of guanidine groups is 1. The number of halogens is 3. The number of anilines is 1. The molecule has 1 aromatic carbocycles. The smallest absolute Gasteiger partial charge is 0.387 e. The van der Waals surface area contributed by atoms with E-state index in [-0.39, 0.29) is 47.8 Å². The highest BCUT2D eigenvalue weighted by Gasteiger charge is 2.27. The number of aliphatic hydroxyl groups excluding tert-OH is 1. The van der Waals surface area contributed by atoms with Crippen molar-refractivity contribution < 1.29 is 18.6 Å². The van der Waals surface area contributed by atoms with Crippen LogP contribution in [0.5, 0.6) is 5.75 Å². The van der Waals surface area contributed by atoms with E-state index in [2.05, 4.69) is 25.3 Å². The Morgan fingerprint density at radius 1 is 1.31 bits per heavy atom. The molecule has 1 saturated heterocycles. The van der Waals surface area contributed by atoms with Gasteiger partial charge in [-0.25, -0.2) is 0 Å². The fourth-order valence-electron chi connectivity index (χ4n) is 3.96. The minimum Gasteiger partial charge on any atom is -0.433 e. The Hall–Kier alpha value is -1.36. The molecule has 3 unspecified atom stereocenters. The van der Waals surface area contributed by atoms with Crippen molar-refractivity contribution in [1.29, 1.82) is 0 Å². The molecule has 1 aliphatic heterocycles. The highest BCUT2D eigenvalue weighted by molar-refractivity contribution is 14.0. The topological polar surface area (TPSA) is 69.1 Å². The molecule has 6 nitrogen and oxygen atoms in total. The number of para-hydroxylation sites is 2. The van der Waals surface area contributed by atoms with Crippen molar-refractivity contribution in [2.75, 3.05) is 31.1 Å². The lowest BCUT2D eigenvalue weighted by molar-refractivity contribution is -0.0495. The van der Waals surface area contributed by atoms with E-state index in [9.17, 15) is 13.9 Å². The van der Waals surface area contributed by atoms with Gasteiger partial charge in [0.1, 0.15) is 5.75 Å². The number of ether oxygens (including phenoxy) is 1. The minimum atomic E-state index is -2.84. The predicted octanol–water partition coefficient (Wildman–Crippen LogP) is 3.20. The molecule has 1 saturated carbocycles. The summed E-state index contributed by atoms with van der Waals surface area (Å²) in [7, 11) is 0. The quantitative estimate of drug-likeness (QED) is 0.291. The Morgan fingerprint density at radius 3 is 2.79 bits per heavy atom. The molecule has 2 aliphatic rings. The summed E-state index contributed by atoms with van der Waals surface area (Å²) < 4.78 is 30.0. The maximum atomic E-state index is 12.7. The predicted molar refractivity (Wildman–Crippen MR) is 122 cm³/mol. The first kappa shape index (κ1) is 23.9. The first-order valence-electron chi connectivity index (χ1n) is 10.1. The van der Waals surface area contributed by atoms with E-state index in [0.29, 0.717) is 18.8 Å². The highest BCUT2D eigenvalue weighted by Crippen LogP contribution is 2.31. The maximum Gasteiger partial charge on any atom is 0.387 e. The van der Waals surface area contributed by atoms with Crippen LogP contribution in [0.1, 0.15) is 32.6 Å². The third-order valence-corrected chi connectivity index (χ3v) is 5.40. The molecule has 3 N–H and O–H groups in total. The molecule has 0 spiro atoms. The lowest BCUT2D eigenvalue weighted by Crippen LogP contribution is -2.45. The number of aliphatic imine (C=N–C) groups is 1. The molecule has 3 atom stereocenters. The Morgan fingerprint density at radius 2 is 2.10 bits per heavy atom. The molecule has 1 aromatic rings. The molecule has 2 fully saturated rings. The van der Waals surface area contributed by atoms with Gasteiger partial charge in [0.2, 0.25) is 0 Å². The second kappa shape index (κ2) is 11.7. The van der Waals surface area contributed by atoms with Crippen LogP contribution < -0.4 is 20.3 Å². The van der Waals surface area contributed by atoms with Gasteiger partial charge in [-0.05, 0) is 38.3 Å². The van der Waals surface area contributed by atoms with Crippen molar-refractivity contribution >= 4 is 35.6 Å². The highest BCUT2D eigenvalue weighted by atomic mass is 127. The Bertz CT molecular complexity index is 665. The molecule has 1 heterocycles. The molecule has 0 amide bonds. The number of hydrogen-bond acceptors (Lipinski definition) is 4. The number of benzene rings is 1. The lowest BCUT2D eigenvalue weighted by atomic mass is 10.1. The van der Waals surface area contributed by atoms with E-state index < -0.39 is 6.61 Å². The summed E-state index contributed by atoms with van der Waals surface area (Å²) in [6.45, 7) is 1.97. The van der Waals surface area contributed by atoms with E-state index in [1.807, 2.05) is 13.0 Å². The number of nitrogens with one attached hydrogen (secondary N) is 2. The zero-order valence-corrected chi connectivity index (χ0v) is 19.0. The van der Waals surface area contributed by atoms with Gasteiger partial charge in [0, 0.05) is 38.1 Å². The summed E-state index contributed by atoms with van der Waals surface area (Å²) in [6, 6.07) is 7.06. The number of alkyl halides is 2. The Kier molecular flexibility index (Phi) is 9.67. The van der Waals surface area contributed by atoms with E-state index in [0.717, 1.165) is 44.7 Å². The van der Waals surface area contributed by atoms with Crippen LogP contribution in [0.4, 0.5) is 14.5 Å². The monoisotopic (exact) mass is 524 g/mol. The van der Waals surface area contributed by atoms with Crippen molar-refractivity contribution in [2.24, 2.45) is 10.9 Å². The average molecular weight is 524 g/mol. The van der Waals surface area contributed by atoms with Crippen molar-refractivity contribution in [3.8, 4) is 5.75 Å². The van der Waals surface area contributed by atoms with Crippen LogP contribution in [0.15, 0.2) is 29.3 Å². The normalized spacial score (nSPS) is 24.5. The maximum absolute atomic E-state index is 12.7. The van der Waals surface area contributed by atoms with Crippen LogP contribution in [0.3, 0.4) is 0 Å². The van der Waals surface area contributed by atoms with Gasteiger partial charge in [-0.3, -0.25) is 4.99 Å². The van der Waals surface area contributed by atoms with Gasteiger partial charge in [-0.1, -0.05) is 18.6 Å². The summed E-state index contributed by atoms with van der Waals surface area (Å²) in [5.41, 5.74) is 0.683. The van der Waals surface area contributed by atoms with Crippen molar-refractivity contribution in [1.82, 2.24) is 10.6 Å². The lowest BCUT2D eigenvalue weighted by Gasteiger charge is -2.23. The number of aliphatic hydroxyl groups is 1. The minimum absolute atomic E-state index is 0. The standard InChI is InChI=1S/C20H30F2N4O2.HI/c1-2-23-20(24-12-14-6-5-8-17(14)27)25-15-10-11-26(13-15)16-7-3-4-9-18(16)28-19(21)22;/h3-4,7,9,14-15,17,19,27H,2,5-6,8,10-13H2,1H3,(H2,23,24,25);1H. The van der Waals surface area contributed by atoms with Crippen LogP contribution in [-0.2, 0) is 0 Å². The van der Waals surface area contributed by atoms with Gasteiger partial charge >= 0.3 is 6.61 Å². The molecule has 164 valence electrons. The van der Waals surface area contributed by atoms with Crippen LogP contribution >= 0.6 is 24.0 Å². The number of rotatable bonds is 7. The molecule has 0 aromatic heterocycles.